The number of anilines is 2. The minimum atomic E-state index is -1.02. The number of benzene rings is 1. The number of nitrogens with two attached hydrogens (primary N) is 1. The van der Waals surface area contributed by atoms with E-state index in [2.05, 4.69) is 5.32 Å². The third-order valence-electron chi connectivity index (χ3n) is 2.33. The molecule has 0 amide bonds. The summed E-state index contributed by atoms with van der Waals surface area (Å²) in [6.07, 6.45) is 0.0976. The molecule has 0 aliphatic heterocycles. The highest BCUT2D eigenvalue weighted by Gasteiger charge is 2.08. The van der Waals surface area contributed by atoms with E-state index in [0.717, 1.165) is 5.69 Å². The number of carbonyl (C=O) groups is 1. The maximum absolute atomic E-state index is 10.8. The van der Waals surface area contributed by atoms with Crippen LogP contribution in [0.2, 0.25) is 0 Å². The highest BCUT2D eigenvalue weighted by molar-refractivity contribution is 5.94. The van der Waals surface area contributed by atoms with Gasteiger partial charge < -0.3 is 20.9 Å². The van der Waals surface area contributed by atoms with E-state index in [0.29, 0.717) is 13.2 Å². The van der Waals surface area contributed by atoms with Crippen LogP contribution in [0, 0.1) is 0 Å². The molecule has 1 rings (SSSR count). The molecule has 0 fully saturated rings. The van der Waals surface area contributed by atoms with Crippen molar-refractivity contribution in [1.29, 1.82) is 0 Å². The van der Waals surface area contributed by atoms with Crippen molar-refractivity contribution in [3.05, 3.63) is 23.8 Å². The zero-order valence-electron chi connectivity index (χ0n) is 10.1. The second-order valence-electron chi connectivity index (χ2n) is 3.75. The lowest BCUT2D eigenvalue weighted by Crippen LogP contribution is -2.19. The van der Waals surface area contributed by atoms with Gasteiger partial charge >= 0.3 is 5.97 Å². The Labute approximate surface area is 101 Å². The maximum atomic E-state index is 10.8. The quantitative estimate of drug-likeness (QED) is 0.658. The van der Waals surface area contributed by atoms with Crippen LogP contribution in [0.4, 0.5) is 11.4 Å². The molecule has 1 unspecified atom stereocenters. The molecule has 0 saturated heterocycles. The van der Waals surface area contributed by atoms with Crippen LogP contribution in [0.25, 0.3) is 0 Å². The van der Waals surface area contributed by atoms with E-state index >= 15 is 0 Å². The van der Waals surface area contributed by atoms with E-state index in [1.807, 2.05) is 13.8 Å². The molecule has 0 radical (unpaired) electrons. The first-order valence-electron chi connectivity index (χ1n) is 5.53. The van der Waals surface area contributed by atoms with E-state index in [1.165, 1.54) is 6.07 Å². The molecular weight excluding hydrogens is 220 g/mol. The Kier molecular flexibility index (Phi) is 4.78. The monoisotopic (exact) mass is 238 g/mol. The van der Waals surface area contributed by atoms with E-state index in [1.54, 1.807) is 12.1 Å². The molecule has 0 saturated carbocycles. The largest absolute Gasteiger partial charge is 0.478 e. The zero-order valence-corrected chi connectivity index (χ0v) is 10.1. The molecule has 4 N–H and O–H groups in total. The van der Waals surface area contributed by atoms with Crippen LogP contribution in [0.5, 0.6) is 0 Å². The highest BCUT2D eigenvalue weighted by Crippen LogP contribution is 2.18. The van der Waals surface area contributed by atoms with Gasteiger partial charge in [-0.25, -0.2) is 4.79 Å². The van der Waals surface area contributed by atoms with Crippen LogP contribution in [0.1, 0.15) is 24.2 Å². The van der Waals surface area contributed by atoms with Gasteiger partial charge in [0.15, 0.2) is 0 Å². The van der Waals surface area contributed by atoms with Gasteiger partial charge in [0.1, 0.15) is 0 Å². The van der Waals surface area contributed by atoms with Crippen molar-refractivity contribution < 1.29 is 14.6 Å². The number of aromatic carboxylic acids is 1. The zero-order chi connectivity index (χ0) is 12.8. The summed E-state index contributed by atoms with van der Waals surface area (Å²) < 4.78 is 5.37. The standard InChI is InChI=1S/C12H18N2O3/c1-3-17-8(2)7-14-9-4-5-10(12(15)16)11(13)6-9/h4-6,8,14H,3,7,13H2,1-2H3,(H,15,16). The Balaban J connectivity index is 2.62. The Morgan fingerprint density at radius 2 is 2.29 bits per heavy atom. The van der Waals surface area contributed by atoms with Crippen LogP contribution in [-0.2, 0) is 4.74 Å². The molecule has 1 aromatic rings. The number of nitrogen functional groups attached to an aromatic ring is 1. The van der Waals surface area contributed by atoms with E-state index < -0.39 is 5.97 Å². The molecule has 0 aliphatic carbocycles. The van der Waals surface area contributed by atoms with Gasteiger partial charge in [-0.1, -0.05) is 0 Å². The van der Waals surface area contributed by atoms with Crippen LogP contribution < -0.4 is 11.1 Å². The second-order valence-corrected chi connectivity index (χ2v) is 3.75. The van der Waals surface area contributed by atoms with Crippen molar-refractivity contribution in [1.82, 2.24) is 0 Å². The molecule has 0 heterocycles. The molecule has 0 bridgehead atoms. The van der Waals surface area contributed by atoms with Crippen molar-refractivity contribution in [2.75, 3.05) is 24.2 Å². The first kappa shape index (κ1) is 13.3. The summed E-state index contributed by atoms with van der Waals surface area (Å²) >= 11 is 0. The molecule has 1 aromatic carbocycles. The van der Waals surface area contributed by atoms with Crippen molar-refractivity contribution >= 4 is 17.3 Å². The van der Waals surface area contributed by atoms with Crippen LogP contribution in [0.15, 0.2) is 18.2 Å². The highest BCUT2D eigenvalue weighted by atomic mass is 16.5. The SMILES string of the molecule is CCOC(C)CNc1ccc(C(=O)O)c(N)c1. The van der Waals surface area contributed by atoms with Gasteiger partial charge in [-0.05, 0) is 32.0 Å². The summed E-state index contributed by atoms with van der Waals surface area (Å²) in [4.78, 5) is 10.8. The third kappa shape index (κ3) is 3.96. The number of hydrogen-bond donors (Lipinski definition) is 3. The predicted octanol–water partition coefficient (Wildman–Crippen LogP) is 1.80. The van der Waals surface area contributed by atoms with E-state index in [9.17, 15) is 4.79 Å². The molecule has 5 heteroatoms. The van der Waals surface area contributed by atoms with Gasteiger partial charge in [0.25, 0.3) is 0 Å². The topological polar surface area (TPSA) is 84.6 Å². The number of rotatable bonds is 6. The third-order valence-corrected chi connectivity index (χ3v) is 2.33. The Morgan fingerprint density at radius 3 is 2.82 bits per heavy atom. The first-order chi connectivity index (χ1) is 8.04. The summed E-state index contributed by atoms with van der Waals surface area (Å²) in [5, 5.41) is 12.0. The average molecular weight is 238 g/mol. The second kappa shape index (κ2) is 6.10. The van der Waals surface area contributed by atoms with Gasteiger partial charge in [0.2, 0.25) is 0 Å². The number of carboxylic acid groups (broad SMARTS) is 1. The molecule has 1 atom stereocenters. The first-order valence-corrected chi connectivity index (χ1v) is 5.53. The van der Waals surface area contributed by atoms with Crippen molar-refractivity contribution in [3.63, 3.8) is 0 Å². The summed E-state index contributed by atoms with van der Waals surface area (Å²) in [7, 11) is 0. The molecule has 0 aliphatic rings. The predicted molar refractivity (Wildman–Crippen MR) is 67.4 cm³/mol. The fraction of sp³-hybridized carbons (Fsp3) is 0.417. The fourth-order valence-corrected chi connectivity index (χ4v) is 1.47. The molecule has 17 heavy (non-hydrogen) atoms. The maximum Gasteiger partial charge on any atom is 0.337 e. The van der Waals surface area contributed by atoms with E-state index in [4.69, 9.17) is 15.6 Å². The summed E-state index contributed by atoms with van der Waals surface area (Å²) in [6.45, 7) is 5.23. The van der Waals surface area contributed by atoms with Crippen molar-refractivity contribution in [3.8, 4) is 0 Å². The van der Waals surface area contributed by atoms with Crippen LogP contribution >= 0.6 is 0 Å². The number of hydrogen-bond acceptors (Lipinski definition) is 4. The average Bonchev–Trinajstić information content (AvgIpc) is 2.26. The smallest absolute Gasteiger partial charge is 0.337 e. The Bertz CT molecular complexity index is 393. The number of carboxylic acids is 1. The lowest BCUT2D eigenvalue weighted by Gasteiger charge is -2.14. The summed E-state index contributed by atoms with van der Waals surface area (Å²) in [6, 6.07) is 4.80. The van der Waals surface area contributed by atoms with Crippen molar-refractivity contribution in [2.45, 2.75) is 20.0 Å². The minimum Gasteiger partial charge on any atom is -0.478 e. The van der Waals surface area contributed by atoms with Gasteiger partial charge in [-0.3, -0.25) is 0 Å². The van der Waals surface area contributed by atoms with Crippen molar-refractivity contribution in [2.24, 2.45) is 0 Å². The van der Waals surface area contributed by atoms with Gasteiger partial charge in [0.05, 0.1) is 11.7 Å². The van der Waals surface area contributed by atoms with Gasteiger partial charge in [-0.2, -0.15) is 0 Å². The molecular formula is C12H18N2O3. The Hall–Kier alpha value is -1.75. The summed E-state index contributed by atoms with van der Waals surface area (Å²) in [5.41, 5.74) is 6.80. The molecule has 94 valence electrons. The number of ether oxygens (including phenoxy) is 1. The number of nitrogens with one attached hydrogen (secondary N) is 1. The van der Waals surface area contributed by atoms with Gasteiger partial charge in [-0.15, -0.1) is 0 Å². The van der Waals surface area contributed by atoms with E-state index in [-0.39, 0.29) is 17.4 Å². The molecule has 0 aromatic heterocycles. The summed E-state index contributed by atoms with van der Waals surface area (Å²) in [5.74, 6) is -1.02. The van der Waals surface area contributed by atoms with Crippen LogP contribution in [0.3, 0.4) is 0 Å². The van der Waals surface area contributed by atoms with Gasteiger partial charge in [0, 0.05) is 24.5 Å². The Morgan fingerprint density at radius 1 is 1.59 bits per heavy atom. The lowest BCUT2D eigenvalue weighted by molar-refractivity contribution is 0.0698. The van der Waals surface area contributed by atoms with Crippen LogP contribution in [-0.4, -0.2) is 30.3 Å². The minimum absolute atomic E-state index is 0.0976. The molecule has 5 nitrogen and oxygen atoms in total. The fourth-order valence-electron chi connectivity index (χ4n) is 1.47. The lowest BCUT2D eigenvalue weighted by atomic mass is 10.1. The molecule has 0 spiro atoms. The normalized spacial score (nSPS) is 12.1.